The number of carbonyl (C=O) groups is 2. The van der Waals surface area contributed by atoms with Crippen LogP contribution >= 0.6 is 34.5 Å². The van der Waals surface area contributed by atoms with E-state index < -0.39 is 11.8 Å². The van der Waals surface area contributed by atoms with Gasteiger partial charge in [0.25, 0.3) is 5.91 Å². The third kappa shape index (κ3) is 4.40. The van der Waals surface area contributed by atoms with Crippen molar-refractivity contribution >= 4 is 51.5 Å². The van der Waals surface area contributed by atoms with E-state index in [0.717, 1.165) is 11.4 Å². The summed E-state index contributed by atoms with van der Waals surface area (Å²) in [4.78, 5) is 23.7. The van der Waals surface area contributed by atoms with Crippen LogP contribution in [0.5, 0.6) is 0 Å². The van der Waals surface area contributed by atoms with Crippen molar-refractivity contribution in [2.24, 2.45) is 0 Å². The smallest absolute Gasteiger partial charge is 0.253 e. The minimum Gasteiger partial charge on any atom is -0.343 e. The molecule has 1 aromatic carbocycles. The van der Waals surface area contributed by atoms with E-state index in [0.29, 0.717) is 10.2 Å². The lowest BCUT2D eigenvalue weighted by molar-refractivity contribution is -0.115. The Morgan fingerprint density at radius 3 is 2.68 bits per heavy atom. The summed E-state index contributed by atoms with van der Waals surface area (Å²) in [7, 11) is 0. The first-order chi connectivity index (χ1) is 10.5. The van der Waals surface area contributed by atoms with Crippen LogP contribution in [0.25, 0.3) is 0 Å². The van der Waals surface area contributed by atoms with E-state index in [2.05, 4.69) is 20.8 Å². The molecular formula is C13H12Cl2N4O2S. The van der Waals surface area contributed by atoms with E-state index in [1.54, 1.807) is 6.07 Å². The average Bonchev–Trinajstić information content (AvgIpc) is 2.92. The summed E-state index contributed by atoms with van der Waals surface area (Å²) in [5.41, 5.74) is 0.253. The van der Waals surface area contributed by atoms with E-state index in [-0.39, 0.29) is 17.1 Å². The van der Waals surface area contributed by atoms with Gasteiger partial charge in [0.1, 0.15) is 5.01 Å². The van der Waals surface area contributed by atoms with Gasteiger partial charge in [-0.3, -0.25) is 14.9 Å². The summed E-state index contributed by atoms with van der Waals surface area (Å²) in [6.07, 6.45) is 0.749. The van der Waals surface area contributed by atoms with E-state index >= 15 is 0 Å². The van der Waals surface area contributed by atoms with Gasteiger partial charge in [0.2, 0.25) is 11.0 Å². The first-order valence-electron chi connectivity index (χ1n) is 6.35. The molecule has 0 aliphatic rings. The zero-order valence-corrected chi connectivity index (χ0v) is 13.8. The Labute approximate surface area is 140 Å². The maximum Gasteiger partial charge on any atom is 0.253 e. The van der Waals surface area contributed by atoms with E-state index in [1.807, 2.05) is 6.92 Å². The van der Waals surface area contributed by atoms with Crippen LogP contribution in [0.2, 0.25) is 10.0 Å². The summed E-state index contributed by atoms with van der Waals surface area (Å²) in [6, 6.07) is 4.51. The van der Waals surface area contributed by atoms with Gasteiger partial charge in [-0.15, -0.1) is 10.2 Å². The fourth-order valence-corrected chi connectivity index (χ4v) is 2.73. The Bertz CT molecular complexity index is 705. The zero-order valence-electron chi connectivity index (χ0n) is 11.5. The van der Waals surface area contributed by atoms with E-state index in [4.69, 9.17) is 23.2 Å². The largest absolute Gasteiger partial charge is 0.343 e. The van der Waals surface area contributed by atoms with Crippen LogP contribution in [-0.2, 0) is 11.2 Å². The van der Waals surface area contributed by atoms with Crippen LogP contribution in [0.1, 0.15) is 22.3 Å². The van der Waals surface area contributed by atoms with Crippen molar-refractivity contribution in [3.8, 4) is 0 Å². The van der Waals surface area contributed by atoms with Gasteiger partial charge in [0, 0.05) is 5.02 Å². The third-order valence-electron chi connectivity index (χ3n) is 2.60. The maximum absolute atomic E-state index is 11.9. The molecule has 0 bridgehead atoms. The molecule has 0 aliphatic heterocycles. The van der Waals surface area contributed by atoms with Crippen LogP contribution in [0.15, 0.2) is 18.2 Å². The molecule has 0 radical (unpaired) electrons. The molecule has 0 fully saturated rings. The summed E-state index contributed by atoms with van der Waals surface area (Å²) < 4.78 is 0. The number of benzene rings is 1. The van der Waals surface area contributed by atoms with Gasteiger partial charge in [-0.05, 0) is 24.6 Å². The van der Waals surface area contributed by atoms with Crippen molar-refractivity contribution in [3.63, 3.8) is 0 Å². The SMILES string of the molecule is CCc1nnc(NC(=O)CNC(=O)c2ccc(Cl)cc2Cl)s1. The van der Waals surface area contributed by atoms with Gasteiger partial charge in [0.15, 0.2) is 0 Å². The molecule has 0 unspecified atom stereocenters. The van der Waals surface area contributed by atoms with Crippen molar-refractivity contribution in [2.75, 3.05) is 11.9 Å². The Morgan fingerprint density at radius 1 is 1.27 bits per heavy atom. The van der Waals surface area contributed by atoms with Gasteiger partial charge in [0.05, 0.1) is 17.1 Å². The van der Waals surface area contributed by atoms with Crippen molar-refractivity contribution in [1.82, 2.24) is 15.5 Å². The lowest BCUT2D eigenvalue weighted by Gasteiger charge is -2.06. The highest BCUT2D eigenvalue weighted by atomic mass is 35.5. The summed E-state index contributed by atoms with van der Waals surface area (Å²) in [5.74, 6) is -0.847. The van der Waals surface area contributed by atoms with Gasteiger partial charge >= 0.3 is 0 Å². The van der Waals surface area contributed by atoms with Crippen molar-refractivity contribution in [2.45, 2.75) is 13.3 Å². The molecule has 2 rings (SSSR count). The number of carbonyl (C=O) groups excluding carboxylic acids is 2. The van der Waals surface area contributed by atoms with Crippen LogP contribution in [0, 0.1) is 0 Å². The predicted octanol–water partition coefficient (Wildman–Crippen LogP) is 2.78. The Balaban J connectivity index is 1.89. The minimum atomic E-state index is -0.455. The van der Waals surface area contributed by atoms with Crippen LogP contribution in [0.3, 0.4) is 0 Å². The normalized spacial score (nSPS) is 10.3. The van der Waals surface area contributed by atoms with E-state index in [9.17, 15) is 9.59 Å². The first kappa shape index (κ1) is 16.7. The number of hydrogen-bond acceptors (Lipinski definition) is 5. The second kappa shape index (κ2) is 7.53. The Morgan fingerprint density at radius 2 is 2.05 bits per heavy atom. The van der Waals surface area contributed by atoms with Gasteiger partial charge in [-0.2, -0.15) is 0 Å². The van der Waals surface area contributed by atoms with Gasteiger partial charge < -0.3 is 5.32 Å². The number of aromatic nitrogens is 2. The molecular weight excluding hydrogens is 347 g/mol. The molecule has 0 saturated carbocycles. The van der Waals surface area contributed by atoms with Gasteiger partial charge in [-0.25, -0.2) is 0 Å². The third-order valence-corrected chi connectivity index (χ3v) is 4.13. The van der Waals surface area contributed by atoms with Crippen molar-refractivity contribution < 1.29 is 9.59 Å². The number of amides is 2. The highest BCUT2D eigenvalue weighted by molar-refractivity contribution is 7.15. The molecule has 2 aromatic rings. The molecule has 1 aromatic heterocycles. The number of aryl methyl sites for hydroxylation is 1. The molecule has 0 saturated heterocycles. The van der Waals surface area contributed by atoms with Crippen molar-refractivity contribution in [1.29, 1.82) is 0 Å². The van der Waals surface area contributed by atoms with Crippen molar-refractivity contribution in [3.05, 3.63) is 38.8 Å². The zero-order chi connectivity index (χ0) is 16.1. The average molecular weight is 359 g/mol. The fraction of sp³-hybridized carbons (Fsp3) is 0.231. The monoisotopic (exact) mass is 358 g/mol. The quantitative estimate of drug-likeness (QED) is 0.860. The highest BCUT2D eigenvalue weighted by Crippen LogP contribution is 2.20. The topological polar surface area (TPSA) is 84.0 Å². The molecule has 116 valence electrons. The molecule has 9 heteroatoms. The minimum absolute atomic E-state index is 0.196. The highest BCUT2D eigenvalue weighted by Gasteiger charge is 2.13. The number of hydrogen-bond donors (Lipinski definition) is 2. The second-order valence-corrected chi connectivity index (χ2v) is 6.12. The summed E-state index contributed by atoms with van der Waals surface area (Å²) in [6.45, 7) is 1.75. The number of rotatable bonds is 5. The van der Waals surface area contributed by atoms with Crippen LogP contribution in [-0.4, -0.2) is 28.6 Å². The number of nitrogens with one attached hydrogen (secondary N) is 2. The molecule has 0 atom stereocenters. The first-order valence-corrected chi connectivity index (χ1v) is 7.92. The Hall–Kier alpha value is -1.70. The standard InChI is InChI=1S/C13H12Cl2N4O2S/c1-2-11-18-19-13(22-11)17-10(20)6-16-12(21)8-4-3-7(14)5-9(8)15/h3-5H,2,6H2,1H3,(H,16,21)(H,17,19,20). The second-order valence-electron chi connectivity index (χ2n) is 4.21. The number of anilines is 1. The molecule has 0 aliphatic carbocycles. The molecule has 22 heavy (non-hydrogen) atoms. The lowest BCUT2D eigenvalue weighted by atomic mass is 10.2. The maximum atomic E-state index is 11.9. The summed E-state index contributed by atoms with van der Waals surface area (Å²) >= 11 is 13.0. The van der Waals surface area contributed by atoms with E-state index in [1.165, 1.54) is 23.5 Å². The molecule has 6 nitrogen and oxygen atoms in total. The molecule has 0 spiro atoms. The lowest BCUT2D eigenvalue weighted by Crippen LogP contribution is -2.33. The fourth-order valence-electron chi connectivity index (χ4n) is 1.54. The van der Waals surface area contributed by atoms with Gasteiger partial charge in [-0.1, -0.05) is 41.5 Å². The molecule has 1 heterocycles. The molecule has 2 amide bonds. The van der Waals surface area contributed by atoms with Crippen LogP contribution in [0.4, 0.5) is 5.13 Å². The number of nitrogens with zero attached hydrogens (tertiary/aromatic N) is 2. The summed E-state index contributed by atoms with van der Waals surface area (Å²) in [5, 5.41) is 14.6. The number of halogens is 2. The predicted molar refractivity (Wildman–Crippen MR) is 86.7 cm³/mol. The molecule has 2 N–H and O–H groups in total. The van der Waals surface area contributed by atoms with Crippen LogP contribution < -0.4 is 10.6 Å². The Kier molecular flexibility index (Phi) is 5.70.